The van der Waals surface area contributed by atoms with E-state index in [9.17, 15) is 18.8 Å². The maximum Gasteiger partial charge on any atom is 0.272 e. The van der Waals surface area contributed by atoms with Gasteiger partial charge in [0.05, 0.1) is 10.8 Å². The van der Waals surface area contributed by atoms with Crippen LogP contribution in [0.2, 0.25) is 5.02 Å². The molecule has 0 atom stereocenters. The summed E-state index contributed by atoms with van der Waals surface area (Å²) in [6, 6.07) is 25.4. The zero-order valence-electron chi connectivity index (χ0n) is 23.0. The molecular weight excluding hydrogens is 573 g/mol. The van der Waals surface area contributed by atoms with E-state index in [-0.39, 0.29) is 27.9 Å². The quantitative estimate of drug-likeness (QED) is 0.130. The lowest BCUT2D eigenvalue weighted by Gasteiger charge is -2.13. The van der Waals surface area contributed by atoms with Gasteiger partial charge in [-0.2, -0.15) is 0 Å². The minimum Gasteiger partial charge on any atom is -0.325 e. The summed E-state index contributed by atoms with van der Waals surface area (Å²) in [6.45, 7) is 4.01. The van der Waals surface area contributed by atoms with Gasteiger partial charge in [-0.15, -0.1) is 11.8 Å². The minimum atomic E-state index is -0.664. The Hall–Kier alpha value is -4.40. The third-order valence-electron chi connectivity index (χ3n) is 6.30. The second-order valence-electron chi connectivity index (χ2n) is 9.29. The highest BCUT2D eigenvalue weighted by Crippen LogP contribution is 2.25. The van der Waals surface area contributed by atoms with Gasteiger partial charge >= 0.3 is 0 Å². The maximum atomic E-state index is 14.5. The molecule has 4 aromatic carbocycles. The molecule has 3 amide bonds. The first-order valence-electron chi connectivity index (χ1n) is 13.2. The van der Waals surface area contributed by atoms with Crippen molar-refractivity contribution in [1.29, 1.82) is 0 Å². The number of amides is 3. The van der Waals surface area contributed by atoms with E-state index in [1.165, 1.54) is 36.0 Å². The van der Waals surface area contributed by atoms with E-state index in [0.717, 1.165) is 28.1 Å². The monoisotopic (exact) mass is 601 g/mol. The average molecular weight is 602 g/mol. The molecule has 9 heteroatoms. The number of carbonyl (C=O) groups is 3. The molecule has 0 aliphatic carbocycles. The van der Waals surface area contributed by atoms with Gasteiger partial charge in [-0.05, 0) is 79.1 Å². The molecule has 0 bridgehead atoms. The highest BCUT2D eigenvalue weighted by Gasteiger charge is 2.17. The number of hydrogen-bond donors (Lipinski definition) is 3. The molecule has 0 fully saturated rings. The van der Waals surface area contributed by atoms with Gasteiger partial charge in [0.1, 0.15) is 11.5 Å². The van der Waals surface area contributed by atoms with Gasteiger partial charge in [-0.1, -0.05) is 61.0 Å². The summed E-state index contributed by atoms with van der Waals surface area (Å²) in [5.74, 6) is -1.74. The molecule has 4 rings (SSSR count). The van der Waals surface area contributed by atoms with E-state index in [1.807, 2.05) is 32.0 Å². The largest absolute Gasteiger partial charge is 0.325 e. The Morgan fingerprint density at radius 3 is 2.29 bits per heavy atom. The molecule has 0 unspecified atom stereocenters. The van der Waals surface area contributed by atoms with Crippen molar-refractivity contribution in [3.63, 3.8) is 0 Å². The number of hydrogen-bond acceptors (Lipinski definition) is 4. The lowest BCUT2D eigenvalue weighted by molar-refractivity contribution is -0.114. The van der Waals surface area contributed by atoms with E-state index in [1.54, 1.807) is 54.6 Å². The molecule has 0 radical (unpaired) electrons. The SMILES string of the molecule is CCc1cccc(C)c1NC(=O)CSc1ccc(NC(=O)/C(=C/c2c(F)cccc2Cl)NC(=O)c2ccccc2)cc1. The first kappa shape index (κ1) is 30.6. The maximum absolute atomic E-state index is 14.5. The average Bonchev–Trinajstić information content (AvgIpc) is 2.99. The van der Waals surface area contributed by atoms with Crippen LogP contribution in [0.25, 0.3) is 6.08 Å². The number of anilines is 2. The van der Waals surface area contributed by atoms with Gasteiger partial charge < -0.3 is 16.0 Å². The molecule has 3 N–H and O–H groups in total. The Labute approximate surface area is 253 Å². The van der Waals surface area contributed by atoms with Gasteiger partial charge in [0, 0.05) is 27.4 Å². The highest BCUT2D eigenvalue weighted by atomic mass is 35.5. The van der Waals surface area contributed by atoms with Crippen molar-refractivity contribution in [2.24, 2.45) is 0 Å². The summed E-state index contributed by atoms with van der Waals surface area (Å²) in [5, 5.41) is 8.40. The first-order chi connectivity index (χ1) is 20.2. The van der Waals surface area contributed by atoms with Crippen LogP contribution < -0.4 is 16.0 Å². The Morgan fingerprint density at radius 2 is 1.60 bits per heavy atom. The van der Waals surface area contributed by atoms with Crippen LogP contribution in [0.1, 0.15) is 34.0 Å². The fourth-order valence-corrected chi connectivity index (χ4v) is 5.01. The third kappa shape index (κ3) is 8.09. The number of para-hydroxylation sites is 1. The Balaban J connectivity index is 1.44. The molecule has 0 saturated heterocycles. The lowest BCUT2D eigenvalue weighted by atomic mass is 10.1. The van der Waals surface area contributed by atoms with Gasteiger partial charge in [0.25, 0.3) is 11.8 Å². The number of thioether (sulfide) groups is 1. The van der Waals surface area contributed by atoms with Gasteiger partial charge in [0.2, 0.25) is 5.91 Å². The van der Waals surface area contributed by atoms with Crippen LogP contribution >= 0.6 is 23.4 Å². The molecule has 0 spiro atoms. The zero-order valence-corrected chi connectivity index (χ0v) is 24.6. The number of carbonyl (C=O) groups excluding carboxylic acids is 3. The topological polar surface area (TPSA) is 87.3 Å². The van der Waals surface area contributed by atoms with Gasteiger partial charge in [-0.25, -0.2) is 4.39 Å². The molecule has 0 aromatic heterocycles. The third-order valence-corrected chi connectivity index (χ3v) is 7.65. The standard InChI is InChI=1S/C33H29ClFN3O3S/c1-3-22-12-7-9-21(2)31(22)38-30(39)20-42-25-17-15-24(16-18-25)36-33(41)29(19-26-27(34)13-8-14-28(26)35)37-32(40)23-10-5-4-6-11-23/h4-19H,3,20H2,1-2H3,(H,36,41)(H,37,40)(H,38,39)/b29-19-. The molecular formula is C33H29ClFN3O3S. The predicted octanol–water partition coefficient (Wildman–Crippen LogP) is 7.49. The van der Waals surface area contributed by atoms with Crippen LogP contribution in [0.5, 0.6) is 0 Å². The minimum absolute atomic E-state index is 0.0283. The normalized spacial score (nSPS) is 11.1. The van der Waals surface area contributed by atoms with Crippen molar-refractivity contribution in [2.45, 2.75) is 25.2 Å². The van der Waals surface area contributed by atoms with E-state index < -0.39 is 17.6 Å². The van der Waals surface area contributed by atoms with Crippen molar-refractivity contribution >= 4 is 58.5 Å². The second-order valence-corrected chi connectivity index (χ2v) is 10.7. The fraction of sp³-hybridized carbons (Fsp3) is 0.121. The number of halogens is 2. The molecule has 0 aliphatic rings. The molecule has 42 heavy (non-hydrogen) atoms. The van der Waals surface area contributed by atoms with Crippen LogP contribution in [-0.4, -0.2) is 23.5 Å². The van der Waals surface area contributed by atoms with Crippen molar-refractivity contribution in [3.05, 3.63) is 130 Å². The molecule has 6 nitrogen and oxygen atoms in total. The van der Waals surface area contributed by atoms with Gasteiger partial charge in [0.15, 0.2) is 0 Å². The highest BCUT2D eigenvalue weighted by molar-refractivity contribution is 8.00. The Kier molecular flexibility index (Phi) is 10.5. The molecule has 4 aromatic rings. The second kappa shape index (κ2) is 14.5. The smallest absolute Gasteiger partial charge is 0.272 e. The number of benzene rings is 4. The summed E-state index contributed by atoms with van der Waals surface area (Å²) < 4.78 is 14.5. The van der Waals surface area contributed by atoms with Crippen molar-refractivity contribution < 1.29 is 18.8 Å². The number of rotatable bonds is 10. The summed E-state index contributed by atoms with van der Waals surface area (Å²) >= 11 is 7.53. The number of aryl methyl sites for hydroxylation is 2. The Bertz CT molecular complexity index is 1610. The summed E-state index contributed by atoms with van der Waals surface area (Å²) in [6.07, 6.45) is 2.02. The lowest BCUT2D eigenvalue weighted by Crippen LogP contribution is -2.30. The molecule has 0 heterocycles. The molecule has 0 saturated carbocycles. The summed E-state index contributed by atoms with van der Waals surface area (Å²) in [4.78, 5) is 39.5. The van der Waals surface area contributed by atoms with E-state index in [4.69, 9.17) is 11.6 Å². The predicted molar refractivity (Wildman–Crippen MR) is 168 cm³/mol. The summed E-state index contributed by atoms with van der Waals surface area (Å²) in [5.41, 5.74) is 3.50. The van der Waals surface area contributed by atoms with Crippen molar-refractivity contribution in [1.82, 2.24) is 5.32 Å². The van der Waals surface area contributed by atoms with Crippen LogP contribution in [-0.2, 0) is 16.0 Å². The Morgan fingerprint density at radius 1 is 0.881 bits per heavy atom. The van der Waals surface area contributed by atoms with E-state index >= 15 is 0 Å². The fourth-order valence-electron chi connectivity index (χ4n) is 4.09. The van der Waals surface area contributed by atoms with Gasteiger partial charge in [-0.3, -0.25) is 14.4 Å². The molecule has 0 aliphatic heterocycles. The zero-order chi connectivity index (χ0) is 30.1. The van der Waals surface area contributed by atoms with Crippen LogP contribution in [0, 0.1) is 12.7 Å². The van der Waals surface area contributed by atoms with E-state index in [2.05, 4.69) is 16.0 Å². The van der Waals surface area contributed by atoms with Crippen LogP contribution in [0.15, 0.2) is 102 Å². The molecule has 214 valence electrons. The van der Waals surface area contributed by atoms with Crippen molar-refractivity contribution in [2.75, 3.05) is 16.4 Å². The van der Waals surface area contributed by atoms with Crippen molar-refractivity contribution in [3.8, 4) is 0 Å². The number of nitrogens with one attached hydrogen (secondary N) is 3. The first-order valence-corrected chi connectivity index (χ1v) is 14.6. The van der Waals surface area contributed by atoms with E-state index in [0.29, 0.717) is 11.3 Å². The summed E-state index contributed by atoms with van der Waals surface area (Å²) in [7, 11) is 0. The van der Waals surface area contributed by atoms with Crippen LogP contribution in [0.3, 0.4) is 0 Å². The van der Waals surface area contributed by atoms with Crippen LogP contribution in [0.4, 0.5) is 15.8 Å².